The van der Waals surface area contributed by atoms with Gasteiger partial charge < -0.3 is 15.2 Å². The first kappa shape index (κ1) is 14.5. The van der Waals surface area contributed by atoms with Crippen LogP contribution in [0.2, 0.25) is 0 Å². The second-order valence-corrected chi connectivity index (χ2v) is 5.26. The predicted octanol–water partition coefficient (Wildman–Crippen LogP) is 2.88. The van der Waals surface area contributed by atoms with Gasteiger partial charge in [-0.05, 0) is 49.7 Å². The van der Waals surface area contributed by atoms with Gasteiger partial charge in [0.1, 0.15) is 0 Å². The van der Waals surface area contributed by atoms with Crippen molar-refractivity contribution in [1.82, 2.24) is 14.9 Å². The zero-order valence-corrected chi connectivity index (χ0v) is 12.7. The van der Waals surface area contributed by atoms with Crippen molar-refractivity contribution in [2.75, 3.05) is 11.9 Å². The van der Waals surface area contributed by atoms with E-state index < -0.39 is 0 Å². The monoisotopic (exact) mass is 288 g/mol. The minimum Gasteiger partial charge on any atom is -0.362 e. The molecule has 1 heterocycles. The standard InChI is InChI=1S/C15H20N4S/c1-12-4-5-13(2)14(10-12)18-15(20)17-6-3-8-19-9-7-16-11-19/h4-5,7,9-11H,3,6,8H2,1-2H3,(H2,17,18,20). The van der Waals surface area contributed by atoms with Crippen molar-refractivity contribution in [1.29, 1.82) is 0 Å². The van der Waals surface area contributed by atoms with Crippen LogP contribution in [0.5, 0.6) is 0 Å². The number of anilines is 1. The summed E-state index contributed by atoms with van der Waals surface area (Å²) in [4.78, 5) is 4.01. The van der Waals surface area contributed by atoms with E-state index in [0.29, 0.717) is 5.11 Å². The molecule has 4 nitrogen and oxygen atoms in total. The van der Waals surface area contributed by atoms with Crippen LogP contribution in [0.1, 0.15) is 17.5 Å². The molecule has 2 aromatic rings. The molecule has 0 amide bonds. The zero-order valence-electron chi connectivity index (χ0n) is 11.9. The first-order valence-electron chi connectivity index (χ1n) is 6.73. The van der Waals surface area contributed by atoms with Gasteiger partial charge in [-0.3, -0.25) is 0 Å². The molecule has 0 aliphatic rings. The maximum atomic E-state index is 5.31. The van der Waals surface area contributed by atoms with Crippen LogP contribution in [0.4, 0.5) is 5.69 Å². The lowest BCUT2D eigenvalue weighted by Crippen LogP contribution is -2.30. The SMILES string of the molecule is Cc1ccc(C)c(NC(=S)NCCCn2ccnc2)c1. The van der Waals surface area contributed by atoms with Crippen molar-refractivity contribution in [2.45, 2.75) is 26.8 Å². The Labute approximate surface area is 125 Å². The van der Waals surface area contributed by atoms with E-state index in [9.17, 15) is 0 Å². The van der Waals surface area contributed by atoms with Gasteiger partial charge in [0.15, 0.2) is 5.11 Å². The summed E-state index contributed by atoms with van der Waals surface area (Å²) in [6, 6.07) is 6.30. The number of hydrogen-bond donors (Lipinski definition) is 2. The van der Waals surface area contributed by atoms with E-state index in [1.165, 1.54) is 11.1 Å². The summed E-state index contributed by atoms with van der Waals surface area (Å²) in [5.41, 5.74) is 3.48. The molecule has 0 aliphatic carbocycles. The third-order valence-electron chi connectivity index (χ3n) is 3.08. The normalized spacial score (nSPS) is 10.3. The quantitative estimate of drug-likeness (QED) is 0.656. The number of imidazole rings is 1. The molecule has 0 bridgehead atoms. The lowest BCUT2D eigenvalue weighted by Gasteiger charge is -2.13. The van der Waals surface area contributed by atoms with Crippen molar-refractivity contribution in [3.63, 3.8) is 0 Å². The molecule has 2 rings (SSSR count). The number of nitrogens with one attached hydrogen (secondary N) is 2. The van der Waals surface area contributed by atoms with Crippen LogP contribution < -0.4 is 10.6 Å². The summed E-state index contributed by atoms with van der Waals surface area (Å²) < 4.78 is 2.06. The van der Waals surface area contributed by atoms with Crippen LogP contribution in [-0.2, 0) is 6.54 Å². The Bertz CT molecular complexity index is 563. The second kappa shape index (κ2) is 7.05. The Hall–Kier alpha value is -1.88. The van der Waals surface area contributed by atoms with Gasteiger partial charge in [0.25, 0.3) is 0 Å². The lowest BCUT2D eigenvalue weighted by atomic mass is 10.1. The van der Waals surface area contributed by atoms with E-state index in [1.807, 2.05) is 12.5 Å². The number of nitrogens with zero attached hydrogens (tertiary/aromatic N) is 2. The van der Waals surface area contributed by atoms with Gasteiger partial charge in [-0.25, -0.2) is 4.98 Å². The molecular formula is C15H20N4S. The molecule has 20 heavy (non-hydrogen) atoms. The Kier molecular flexibility index (Phi) is 5.12. The van der Waals surface area contributed by atoms with E-state index in [1.54, 1.807) is 6.20 Å². The Morgan fingerprint density at radius 2 is 2.20 bits per heavy atom. The molecule has 1 aromatic carbocycles. The largest absolute Gasteiger partial charge is 0.362 e. The topological polar surface area (TPSA) is 41.9 Å². The Morgan fingerprint density at radius 1 is 1.35 bits per heavy atom. The number of aryl methyl sites for hydroxylation is 3. The number of rotatable bonds is 5. The zero-order chi connectivity index (χ0) is 14.4. The fraction of sp³-hybridized carbons (Fsp3) is 0.333. The van der Waals surface area contributed by atoms with Crippen molar-refractivity contribution < 1.29 is 0 Å². The summed E-state index contributed by atoms with van der Waals surface area (Å²) >= 11 is 5.31. The number of thiocarbonyl (C=S) groups is 1. The third kappa shape index (κ3) is 4.35. The molecule has 0 fully saturated rings. The summed E-state index contributed by atoms with van der Waals surface area (Å²) in [5, 5.41) is 7.14. The average molecular weight is 288 g/mol. The number of benzene rings is 1. The molecular weight excluding hydrogens is 268 g/mol. The predicted molar refractivity (Wildman–Crippen MR) is 87.0 cm³/mol. The van der Waals surface area contributed by atoms with Crippen LogP contribution in [0.3, 0.4) is 0 Å². The van der Waals surface area contributed by atoms with Gasteiger partial charge in [0.2, 0.25) is 0 Å². The van der Waals surface area contributed by atoms with E-state index >= 15 is 0 Å². The van der Waals surface area contributed by atoms with E-state index in [2.05, 4.69) is 52.2 Å². The maximum absolute atomic E-state index is 5.31. The van der Waals surface area contributed by atoms with Crippen LogP contribution in [0, 0.1) is 13.8 Å². The number of aromatic nitrogens is 2. The van der Waals surface area contributed by atoms with E-state index in [4.69, 9.17) is 12.2 Å². The van der Waals surface area contributed by atoms with Crippen molar-refractivity contribution in [3.8, 4) is 0 Å². The molecule has 0 saturated carbocycles. The van der Waals surface area contributed by atoms with Crippen LogP contribution in [0.25, 0.3) is 0 Å². The highest BCUT2D eigenvalue weighted by molar-refractivity contribution is 7.80. The molecule has 5 heteroatoms. The van der Waals surface area contributed by atoms with Crippen LogP contribution >= 0.6 is 12.2 Å². The second-order valence-electron chi connectivity index (χ2n) is 4.85. The average Bonchev–Trinajstić information content (AvgIpc) is 2.92. The van der Waals surface area contributed by atoms with Crippen molar-refractivity contribution in [3.05, 3.63) is 48.0 Å². The molecule has 0 spiro atoms. The van der Waals surface area contributed by atoms with E-state index in [-0.39, 0.29) is 0 Å². The Morgan fingerprint density at radius 3 is 2.95 bits per heavy atom. The van der Waals surface area contributed by atoms with Gasteiger partial charge in [-0.1, -0.05) is 12.1 Å². The molecule has 0 atom stereocenters. The molecule has 0 radical (unpaired) electrons. The van der Waals surface area contributed by atoms with Crippen LogP contribution in [0.15, 0.2) is 36.9 Å². The third-order valence-corrected chi connectivity index (χ3v) is 3.33. The molecule has 0 unspecified atom stereocenters. The number of hydrogen-bond acceptors (Lipinski definition) is 2. The highest BCUT2D eigenvalue weighted by Crippen LogP contribution is 2.15. The highest BCUT2D eigenvalue weighted by atomic mass is 32.1. The van der Waals surface area contributed by atoms with Crippen LogP contribution in [-0.4, -0.2) is 21.2 Å². The van der Waals surface area contributed by atoms with Crippen molar-refractivity contribution in [2.24, 2.45) is 0 Å². The van der Waals surface area contributed by atoms with Gasteiger partial charge in [-0.2, -0.15) is 0 Å². The first-order valence-corrected chi connectivity index (χ1v) is 7.14. The highest BCUT2D eigenvalue weighted by Gasteiger charge is 2.01. The van der Waals surface area contributed by atoms with Gasteiger partial charge in [0, 0.05) is 31.2 Å². The summed E-state index contributed by atoms with van der Waals surface area (Å²) in [6.07, 6.45) is 6.59. The van der Waals surface area contributed by atoms with E-state index in [0.717, 1.165) is 25.2 Å². The molecule has 0 saturated heterocycles. The molecule has 106 valence electrons. The summed E-state index contributed by atoms with van der Waals surface area (Å²) in [6.45, 7) is 5.93. The fourth-order valence-corrected chi connectivity index (χ4v) is 2.13. The van der Waals surface area contributed by atoms with Gasteiger partial charge in [-0.15, -0.1) is 0 Å². The molecule has 0 aliphatic heterocycles. The minimum atomic E-state index is 0.671. The van der Waals surface area contributed by atoms with Crippen molar-refractivity contribution >= 4 is 23.0 Å². The Balaban J connectivity index is 1.73. The lowest BCUT2D eigenvalue weighted by molar-refractivity contribution is 0.632. The molecule has 1 aromatic heterocycles. The maximum Gasteiger partial charge on any atom is 0.170 e. The first-order chi connectivity index (χ1) is 9.65. The summed E-state index contributed by atoms with van der Waals surface area (Å²) in [7, 11) is 0. The molecule has 2 N–H and O–H groups in total. The van der Waals surface area contributed by atoms with Gasteiger partial charge >= 0.3 is 0 Å². The summed E-state index contributed by atoms with van der Waals surface area (Å²) in [5.74, 6) is 0. The van der Waals surface area contributed by atoms with Gasteiger partial charge in [0.05, 0.1) is 6.33 Å². The smallest absolute Gasteiger partial charge is 0.170 e. The minimum absolute atomic E-state index is 0.671. The fourth-order valence-electron chi connectivity index (χ4n) is 1.92.